The Kier molecular flexibility index (Phi) is 6.41. The zero-order chi connectivity index (χ0) is 20.1. The largest absolute Gasteiger partial charge is 0.497 e. The standard InChI is InChI=1S/C22H19IO5/c1-4-9-27-21-18(23)11-14(12-20(21)26-3)10-16-13-19(28-22(16)24)15-5-7-17(25-2)8-6-15/h4-8,10-13H,1,9H2,2-3H3/b16-10+. The number of ether oxygens (including phenoxy) is 4. The molecule has 1 aliphatic rings. The van der Waals surface area contributed by atoms with Crippen molar-refractivity contribution in [1.82, 2.24) is 0 Å². The molecule has 6 heteroatoms. The minimum atomic E-state index is -0.397. The van der Waals surface area contributed by atoms with E-state index in [-0.39, 0.29) is 0 Å². The topological polar surface area (TPSA) is 54.0 Å². The number of benzene rings is 2. The van der Waals surface area contributed by atoms with E-state index in [1.807, 2.05) is 36.4 Å². The van der Waals surface area contributed by atoms with E-state index in [1.54, 1.807) is 32.4 Å². The lowest BCUT2D eigenvalue weighted by Gasteiger charge is -2.12. The molecule has 0 spiro atoms. The van der Waals surface area contributed by atoms with E-state index in [0.29, 0.717) is 29.4 Å². The van der Waals surface area contributed by atoms with Gasteiger partial charge < -0.3 is 18.9 Å². The first-order valence-corrected chi connectivity index (χ1v) is 9.54. The molecule has 0 atom stereocenters. The minimum absolute atomic E-state index is 0.382. The maximum Gasteiger partial charge on any atom is 0.343 e. The smallest absolute Gasteiger partial charge is 0.343 e. The second kappa shape index (κ2) is 8.97. The predicted molar refractivity (Wildman–Crippen MR) is 116 cm³/mol. The lowest BCUT2D eigenvalue weighted by Crippen LogP contribution is -2.00. The SMILES string of the molecule is C=CCOc1c(I)cc(/C=C2\C=C(c3ccc(OC)cc3)OC2=O)cc1OC. The summed E-state index contributed by atoms with van der Waals surface area (Å²) < 4.78 is 22.5. The number of cyclic esters (lactones) is 1. The Balaban J connectivity index is 1.91. The van der Waals surface area contributed by atoms with Crippen molar-refractivity contribution >= 4 is 40.4 Å². The Morgan fingerprint density at radius 2 is 1.89 bits per heavy atom. The Hall–Kier alpha value is -2.74. The van der Waals surface area contributed by atoms with Gasteiger partial charge in [-0.3, -0.25) is 0 Å². The normalized spacial score (nSPS) is 14.5. The van der Waals surface area contributed by atoms with Gasteiger partial charge in [0.2, 0.25) is 0 Å². The second-order valence-electron chi connectivity index (χ2n) is 5.86. The highest BCUT2D eigenvalue weighted by Gasteiger charge is 2.22. The molecular weight excluding hydrogens is 471 g/mol. The Morgan fingerprint density at radius 3 is 2.54 bits per heavy atom. The van der Waals surface area contributed by atoms with Gasteiger partial charge in [-0.05, 0) is 76.7 Å². The molecule has 0 saturated carbocycles. The van der Waals surface area contributed by atoms with Crippen molar-refractivity contribution in [2.45, 2.75) is 0 Å². The van der Waals surface area contributed by atoms with E-state index in [0.717, 1.165) is 20.4 Å². The number of carbonyl (C=O) groups excluding carboxylic acids is 1. The minimum Gasteiger partial charge on any atom is -0.497 e. The first-order chi connectivity index (χ1) is 13.5. The van der Waals surface area contributed by atoms with Crippen LogP contribution in [-0.4, -0.2) is 26.8 Å². The van der Waals surface area contributed by atoms with Crippen molar-refractivity contribution < 1.29 is 23.7 Å². The van der Waals surface area contributed by atoms with Crippen LogP contribution in [0, 0.1) is 3.57 Å². The summed E-state index contributed by atoms with van der Waals surface area (Å²) in [5, 5.41) is 0. The number of carbonyl (C=O) groups is 1. The van der Waals surface area contributed by atoms with Crippen LogP contribution in [0.1, 0.15) is 11.1 Å². The van der Waals surface area contributed by atoms with Crippen molar-refractivity contribution in [1.29, 1.82) is 0 Å². The maximum absolute atomic E-state index is 12.3. The molecule has 5 nitrogen and oxygen atoms in total. The third kappa shape index (κ3) is 4.39. The molecule has 0 N–H and O–H groups in total. The fourth-order valence-electron chi connectivity index (χ4n) is 2.67. The number of rotatable bonds is 7. The number of hydrogen-bond acceptors (Lipinski definition) is 5. The van der Waals surface area contributed by atoms with Crippen LogP contribution in [-0.2, 0) is 9.53 Å². The van der Waals surface area contributed by atoms with Gasteiger partial charge in [0.05, 0.1) is 23.4 Å². The van der Waals surface area contributed by atoms with Crippen LogP contribution >= 0.6 is 22.6 Å². The molecule has 2 aromatic rings. The van der Waals surface area contributed by atoms with E-state index in [9.17, 15) is 4.79 Å². The van der Waals surface area contributed by atoms with Gasteiger partial charge in [0.15, 0.2) is 11.5 Å². The van der Waals surface area contributed by atoms with Crippen LogP contribution in [0.3, 0.4) is 0 Å². The summed E-state index contributed by atoms with van der Waals surface area (Å²) in [5.41, 5.74) is 2.08. The second-order valence-corrected chi connectivity index (χ2v) is 7.02. The molecule has 0 amide bonds. The van der Waals surface area contributed by atoms with Crippen molar-refractivity contribution in [3.05, 3.63) is 75.4 Å². The van der Waals surface area contributed by atoms with Gasteiger partial charge in [0, 0.05) is 5.56 Å². The van der Waals surface area contributed by atoms with Gasteiger partial charge in [-0.1, -0.05) is 12.7 Å². The zero-order valence-corrected chi connectivity index (χ0v) is 17.7. The molecule has 0 radical (unpaired) electrons. The Morgan fingerprint density at radius 1 is 1.14 bits per heavy atom. The van der Waals surface area contributed by atoms with E-state index in [4.69, 9.17) is 18.9 Å². The maximum atomic E-state index is 12.3. The molecule has 2 aromatic carbocycles. The third-order valence-electron chi connectivity index (χ3n) is 4.02. The number of methoxy groups -OCH3 is 2. The van der Waals surface area contributed by atoms with Crippen molar-refractivity contribution in [3.8, 4) is 17.2 Å². The van der Waals surface area contributed by atoms with E-state index >= 15 is 0 Å². The van der Waals surface area contributed by atoms with Gasteiger partial charge in [-0.2, -0.15) is 0 Å². The highest BCUT2D eigenvalue weighted by molar-refractivity contribution is 14.1. The molecule has 0 unspecified atom stereocenters. The first-order valence-electron chi connectivity index (χ1n) is 8.47. The fraction of sp³-hybridized carbons (Fsp3) is 0.136. The molecule has 0 bridgehead atoms. The lowest BCUT2D eigenvalue weighted by atomic mass is 10.1. The summed E-state index contributed by atoms with van der Waals surface area (Å²) in [6.07, 6.45) is 5.16. The van der Waals surface area contributed by atoms with Crippen LogP contribution in [0.4, 0.5) is 0 Å². The lowest BCUT2D eigenvalue weighted by molar-refractivity contribution is -0.130. The van der Waals surface area contributed by atoms with Crippen LogP contribution in [0.25, 0.3) is 11.8 Å². The van der Waals surface area contributed by atoms with Crippen LogP contribution < -0.4 is 14.2 Å². The molecule has 1 heterocycles. The monoisotopic (exact) mass is 490 g/mol. The number of halogens is 1. The average Bonchev–Trinajstić information content (AvgIpc) is 3.07. The summed E-state index contributed by atoms with van der Waals surface area (Å²) in [7, 11) is 3.18. The average molecular weight is 490 g/mol. The van der Waals surface area contributed by atoms with Crippen LogP contribution in [0.15, 0.2) is 60.7 Å². The summed E-state index contributed by atoms with van der Waals surface area (Å²) in [6, 6.07) is 11.1. The summed E-state index contributed by atoms with van der Waals surface area (Å²) >= 11 is 2.17. The van der Waals surface area contributed by atoms with Gasteiger partial charge in [0.25, 0.3) is 0 Å². The Labute approximate surface area is 177 Å². The van der Waals surface area contributed by atoms with E-state index < -0.39 is 5.97 Å². The fourth-order valence-corrected chi connectivity index (χ4v) is 3.45. The van der Waals surface area contributed by atoms with Gasteiger partial charge >= 0.3 is 5.97 Å². The molecule has 0 aromatic heterocycles. The summed E-state index contributed by atoms with van der Waals surface area (Å²) in [4.78, 5) is 12.3. The van der Waals surface area contributed by atoms with Crippen molar-refractivity contribution in [3.63, 3.8) is 0 Å². The molecule has 0 fully saturated rings. The first kappa shape index (κ1) is 20.0. The third-order valence-corrected chi connectivity index (χ3v) is 4.82. The molecule has 0 aliphatic carbocycles. The summed E-state index contributed by atoms with van der Waals surface area (Å²) in [6.45, 7) is 4.04. The predicted octanol–water partition coefficient (Wildman–Crippen LogP) is 4.85. The molecule has 28 heavy (non-hydrogen) atoms. The van der Waals surface area contributed by atoms with E-state index in [1.165, 1.54) is 0 Å². The molecule has 0 saturated heterocycles. The van der Waals surface area contributed by atoms with Crippen molar-refractivity contribution in [2.24, 2.45) is 0 Å². The van der Waals surface area contributed by atoms with Gasteiger partial charge in [-0.15, -0.1) is 0 Å². The van der Waals surface area contributed by atoms with Gasteiger partial charge in [-0.25, -0.2) is 4.79 Å². The number of esters is 1. The van der Waals surface area contributed by atoms with Gasteiger partial charge in [0.1, 0.15) is 18.1 Å². The molecule has 3 rings (SSSR count). The molecular formula is C22H19IO5. The van der Waals surface area contributed by atoms with Crippen LogP contribution in [0.5, 0.6) is 17.2 Å². The zero-order valence-electron chi connectivity index (χ0n) is 15.5. The van der Waals surface area contributed by atoms with E-state index in [2.05, 4.69) is 29.2 Å². The highest BCUT2D eigenvalue weighted by Crippen LogP contribution is 2.35. The summed E-state index contributed by atoms with van der Waals surface area (Å²) in [5.74, 6) is 2.09. The molecule has 1 aliphatic heterocycles. The molecule has 144 valence electrons. The Bertz CT molecular complexity index is 958. The highest BCUT2D eigenvalue weighted by atomic mass is 127. The van der Waals surface area contributed by atoms with Crippen LogP contribution in [0.2, 0.25) is 0 Å². The quantitative estimate of drug-likeness (QED) is 0.240. The van der Waals surface area contributed by atoms with Crippen molar-refractivity contribution in [2.75, 3.05) is 20.8 Å². The number of hydrogen-bond donors (Lipinski definition) is 0.